The number of nitrogens with zero attached hydrogens (tertiary/aromatic N) is 4. The smallest absolute Gasteiger partial charge is 0.347 e. The number of hydrogen-bond donors (Lipinski definition) is 0. The van der Waals surface area contributed by atoms with Crippen molar-refractivity contribution in [1.82, 2.24) is 14.0 Å². The molecule has 0 unspecified atom stereocenters. The molecular weight excluding hydrogens is 404 g/mol. The Labute approximate surface area is 176 Å². The summed E-state index contributed by atoms with van der Waals surface area (Å²) in [6.07, 6.45) is 7.63. The number of pyridine rings is 1. The highest BCUT2D eigenvalue weighted by molar-refractivity contribution is 7.15. The minimum atomic E-state index is -0.0295. The van der Waals surface area contributed by atoms with Gasteiger partial charge in [0.1, 0.15) is 18.3 Å². The Balaban J connectivity index is 1.79. The molecule has 0 atom stereocenters. The molecular formula is C22H18ClN4OS+. The van der Waals surface area contributed by atoms with Gasteiger partial charge in [-0.15, -0.1) is 11.3 Å². The zero-order chi connectivity index (χ0) is 20.0. The molecule has 0 fully saturated rings. The molecule has 0 N–H and O–H groups in total. The third-order valence-corrected chi connectivity index (χ3v) is 6.24. The summed E-state index contributed by atoms with van der Waals surface area (Å²) >= 11 is 7.47. The Morgan fingerprint density at radius 2 is 1.97 bits per heavy atom. The summed E-state index contributed by atoms with van der Waals surface area (Å²) < 4.78 is 6.48. The lowest BCUT2D eigenvalue weighted by atomic mass is 10.1. The maximum absolute atomic E-state index is 13.4. The average Bonchev–Trinajstić information content (AvgIpc) is 3.33. The number of aromatic nitrogens is 4. The maximum atomic E-state index is 13.4. The van der Waals surface area contributed by atoms with Crippen molar-refractivity contribution in [2.75, 3.05) is 0 Å². The average molecular weight is 422 g/mol. The van der Waals surface area contributed by atoms with Gasteiger partial charge in [-0.25, -0.2) is 14.3 Å². The molecule has 5 nitrogen and oxygen atoms in total. The van der Waals surface area contributed by atoms with Gasteiger partial charge in [-0.3, -0.25) is 0 Å². The fraction of sp³-hybridized carbons (Fsp3) is 0.136. The van der Waals surface area contributed by atoms with Crippen LogP contribution in [0.1, 0.15) is 11.8 Å². The van der Waals surface area contributed by atoms with Crippen molar-refractivity contribution < 1.29 is 4.57 Å². The summed E-state index contributed by atoms with van der Waals surface area (Å²) in [5.74, 6) is 0. The monoisotopic (exact) mass is 421 g/mol. The molecule has 0 spiro atoms. The lowest BCUT2D eigenvalue weighted by Gasteiger charge is -2.05. The van der Waals surface area contributed by atoms with Gasteiger partial charge in [0, 0.05) is 41.5 Å². The third kappa shape index (κ3) is 3.05. The molecule has 0 radical (unpaired) electrons. The molecule has 0 aliphatic heterocycles. The van der Waals surface area contributed by atoms with E-state index in [1.54, 1.807) is 10.6 Å². The second kappa shape index (κ2) is 7.13. The zero-order valence-corrected chi connectivity index (χ0v) is 17.3. The molecule has 0 saturated heterocycles. The van der Waals surface area contributed by atoms with Gasteiger partial charge in [0.05, 0.1) is 11.1 Å². The highest BCUT2D eigenvalue weighted by Gasteiger charge is 2.21. The van der Waals surface area contributed by atoms with E-state index in [4.69, 9.17) is 11.6 Å². The fourth-order valence-electron chi connectivity index (χ4n) is 3.81. The third-order valence-electron chi connectivity index (χ3n) is 5.14. The normalized spacial score (nSPS) is 11.5. The van der Waals surface area contributed by atoms with Crippen LogP contribution in [0.2, 0.25) is 4.47 Å². The number of halogens is 1. The van der Waals surface area contributed by atoms with Crippen LogP contribution in [0.3, 0.4) is 0 Å². The van der Waals surface area contributed by atoms with Gasteiger partial charge in [-0.2, -0.15) is 4.40 Å². The van der Waals surface area contributed by atoms with Crippen LogP contribution in [0.4, 0.5) is 0 Å². The first-order valence-electron chi connectivity index (χ1n) is 9.38. The first-order chi connectivity index (χ1) is 14.2. The molecule has 0 saturated carbocycles. The number of fused-ring (bicyclic) bond motifs is 2. The molecule has 5 aromatic rings. The molecule has 1 aromatic carbocycles. The Morgan fingerprint density at radius 3 is 2.76 bits per heavy atom. The van der Waals surface area contributed by atoms with Gasteiger partial charge in [0.25, 0.3) is 5.65 Å². The van der Waals surface area contributed by atoms with E-state index < -0.39 is 0 Å². The van der Waals surface area contributed by atoms with E-state index in [2.05, 4.69) is 39.4 Å². The fourth-order valence-corrected chi connectivity index (χ4v) is 4.78. The molecule has 0 aliphatic carbocycles. The van der Waals surface area contributed by atoms with Gasteiger partial charge in [0.15, 0.2) is 4.47 Å². The minimum Gasteiger partial charge on any atom is -0.347 e. The van der Waals surface area contributed by atoms with E-state index in [9.17, 15) is 4.79 Å². The lowest BCUT2D eigenvalue weighted by Crippen LogP contribution is -2.40. The van der Waals surface area contributed by atoms with E-state index in [1.807, 2.05) is 42.7 Å². The van der Waals surface area contributed by atoms with E-state index in [0.717, 1.165) is 33.5 Å². The first kappa shape index (κ1) is 18.1. The van der Waals surface area contributed by atoms with E-state index in [-0.39, 0.29) is 5.56 Å². The second-order valence-corrected chi connectivity index (χ2v) is 8.53. The summed E-state index contributed by atoms with van der Waals surface area (Å²) in [5.41, 5.74) is 3.54. The first-order valence-corrected chi connectivity index (χ1v) is 10.6. The molecule has 4 aromatic heterocycles. The number of rotatable bonds is 4. The molecule has 0 amide bonds. The predicted octanol–water partition coefficient (Wildman–Crippen LogP) is 4.39. The highest BCUT2D eigenvalue weighted by atomic mass is 35.5. The van der Waals surface area contributed by atoms with Crippen molar-refractivity contribution >= 4 is 39.5 Å². The van der Waals surface area contributed by atoms with Crippen LogP contribution in [-0.2, 0) is 13.1 Å². The molecule has 144 valence electrons. The van der Waals surface area contributed by atoms with Gasteiger partial charge in [0.2, 0.25) is 0 Å². The Hall–Kier alpha value is -2.96. The van der Waals surface area contributed by atoms with Crippen LogP contribution in [0, 0.1) is 0 Å². The molecule has 0 bridgehead atoms. The Kier molecular flexibility index (Phi) is 4.45. The summed E-state index contributed by atoms with van der Waals surface area (Å²) in [4.78, 5) is 18.6. The highest BCUT2D eigenvalue weighted by Crippen LogP contribution is 2.28. The topological polar surface area (TPSA) is 43.2 Å². The number of hydrogen-bond acceptors (Lipinski definition) is 3. The van der Waals surface area contributed by atoms with Crippen LogP contribution in [-0.4, -0.2) is 14.0 Å². The predicted molar refractivity (Wildman–Crippen MR) is 117 cm³/mol. The van der Waals surface area contributed by atoms with Crippen molar-refractivity contribution in [2.24, 2.45) is 0 Å². The zero-order valence-electron chi connectivity index (χ0n) is 15.7. The standard InChI is InChI=1S/C22H18ClN4OS/c1-2-25-13-17(16-7-3-4-8-19(16)25)18-14-26(12-15-11-24-22(23)29-15)20-9-5-6-10-27(20)21(18)28/h3-11,13-14H,2,12H2,1H3/q+1. The van der Waals surface area contributed by atoms with Crippen LogP contribution in [0.5, 0.6) is 0 Å². The molecule has 29 heavy (non-hydrogen) atoms. The van der Waals surface area contributed by atoms with E-state index in [1.165, 1.54) is 11.3 Å². The van der Waals surface area contributed by atoms with Crippen molar-refractivity contribution in [3.8, 4) is 11.1 Å². The summed E-state index contributed by atoms with van der Waals surface area (Å²) in [6.45, 7) is 3.55. The lowest BCUT2D eigenvalue weighted by molar-refractivity contribution is -0.664. The second-order valence-electron chi connectivity index (χ2n) is 6.83. The van der Waals surface area contributed by atoms with Gasteiger partial charge in [-0.1, -0.05) is 35.9 Å². The van der Waals surface area contributed by atoms with Gasteiger partial charge in [-0.05, 0) is 19.1 Å². The summed E-state index contributed by atoms with van der Waals surface area (Å²) in [7, 11) is 0. The number of thiazole rings is 1. The molecule has 4 heterocycles. The maximum Gasteiger partial charge on any atom is 0.350 e. The quantitative estimate of drug-likeness (QED) is 0.404. The molecule has 7 heteroatoms. The van der Waals surface area contributed by atoms with Crippen LogP contribution in [0.25, 0.3) is 27.7 Å². The number of para-hydroxylation sites is 1. The van der Waals surface area contributed by atoms with Crippen molar-refractivity contribution in [3.63, 3.8) is 0 Å². The molecule has 0 aliphatic rings. The Bertz CT molecular complexity index is 1420. The SMILES string of the molecule is CCn1cc(-c2c[n+](Cc3cnc(Cl)s3)c3ccccn3c2=O)c2ccccc21. The summed E-state index contributed by atoms with van der Waals surface area (Å²) in [6, 6.07) is 14.0. The van der Waals surface area contributed by atoms with Crippen molar-refractivity contribution in [3.05, 3.63) is 86.9 Å². The minimum absolute atomic E-state index is 0.0295. The van der Waals surface area contributed by atoms with Crippen LogP contribution in [0.15, 0.2) is 72.0 Å². The largest absolute Gasteiger partial charge is 0.350 e. The van der Waals surface area contributed by atoms with Gasteiger partial charge < -0.3 is 4.57 Å². The van der Waals surface area contributed by atoms with E-state index >= 15 is 0 Å². The number of aryl methyl sites for hydroxylation is 1. The summed E-state index contributed by atoms with van der Waals surface area (Å²) in [5, 5.41) is 1.08. The number of benzene rings is 1. The van der Waals surface area contributed by atoms with Crippen molar-refractivity contribution in [2.45, 2.75) is 20.0 Å². The Morgan fingerprint density at radius 1 is 1.14 bits per heavy atom. The molecule has 5 rings (SSSR count). The van der Waals surface area contributed by atoms with Crippen LogP contribution < -0.4 is 10.1 Å². The van der Waals surface area contributed by atoms with Crippen molar-refractivity contribution in [1.29, 1.82) is 0 Å². The van der Waals surface area contributed by atoms with E-state index in [0.29, 0.717) is 16.6 Å². The van der Waals surface area contributed by atoms with Gasteiger partial charge >= 0.3 is 5.56 Å². The van der Waals surface area contributed by atoms with Crippen LogP contribution >= 0.6 is 22.9 Å².